The number of nitrogens with two attached hydrogens (primary N) is 1. The summed E-state index contributed by atoms with van der Waals surface area (Å²) in [5, 5.41) is 3.28. The number of hydrogen-bond donors (Lipinski definition) is 2. The second-order valence-corrected chi connectivity index (χ2v) is 5.14. The van der Waals surface area contributed by atoms with Crippen molar-refractivity contribution in [1.82, 2.24) is 10.2 Å². The Labute approximate surface area is 119 Å². The third-order valence-corrected chi connectivity index (χ3v) is 3.68. The molecule has 19 heavy (non-hydrogen) atoms. The van der Waals surface area contributed by atoms with Gasteiger partial charge in [-0.25, -0.2) is 0 Å². The van der Waals surface area contributed by atoms with E-state index in [2.05, 4.69) is 31.1 Å². The molecule has 0 saturated heterocycles. The molecule has 4 nitrogen and oxygen atoms in total. The van der Waals surface area contributed by atoms with Gasteiger partial charge in [0.05, 0.1) is 10.7 Å². The van der Waals surface area contributed by atoms with Crippen molar-refractivity contribution in [2.75, 3.05) is 25.9 Å². The van der Waals surface area contributed by atoms with Crippen molar-refractivity contribution in [1.29, 1.82) is 0 Å². The standard InChI is InChI=1S/C14H22ClN3O/c1-4-10(2)18(3)8-7-17-14(19)11-5-6-13(16)12(15)9-11/h5-6,9-10H,4,7-8,16H2,1-3H3,(H,17,19). The fourth-order valence-electron chi connectivity index (χ4n) is 1.65. The van der Waals surface area contributed by atoms with Crippen LogP contribution in [0.4, 0.5) is 5.69 Å². The predicted molar refractivity (Wildman–Crippen MR) is 80.6 cm³/mol. The first-order valence-electron chi connectivity index (χ1n) is 6.49. The molecule has 0 aliphatic carbocycles. The summed E-state index contributed by atoms with van der Waals surface area (Å²) in [6.45, 7) is 5.75. The zero-order valence-corrected chi connectivity index (χ0v) is 12.5. The topological polar surface area (TPSA) is 58.4 Å². The molecule has 0 saturated carbocycles. The van der Waals surface area contributed by atoms with Crippen molar-refractivity contribution in [3.63, 3.8) is 0 Å². The predicted octanol–water partition coefficient (Wildman–Crippen LogP) is 2.38. The van der Waals surface area contributed by atoms with Crippen LogP contribution in [0.25, 0.3) is 0 Å². The van der Waals surface area contributed by atoms with E-state index in [1.807, 2.05) is 0 Å². The molecule has 0 aliphatic heterocycles. The lowest BCUT2D eigenvalue weighted by Crippen LogP contribution is -2.37. The molecule has 106 valence electrons. The van der Waals surface area contributed by atoms with Gasteiger partial charge in [-0.05, 0) is 38.6 Å². The number of nitrogens with zero attached hydrogens (tertiary/aromatic N) is 1. The van der Waals surface area contributed by atoms with Gasteiger partial charge in [-0.2, -0.15) is 0 Å². The number of nitrogens with one attached hydrogen (secondary N) is 1. The second-order valence-electron chi connectivity index (χ2n) is 4.73. The van der Waals surface area contributed by atoms with Crippen LogP contribution in [0, 0.1) is 0 Å². The highest BCUT2D eigenvalue weighted by atomic mass is 35.5. The Morgan fingerprint density at radius 3 is 2.79 bits per heavy atom. The van der Waals surface area contributed by atoms with E-state index in [1.165, 1.54) is 0 Å². The number of carbonyl (C=O) groups excluding carboxylic acids is 1. The third kappa shape index (κ3) is 4.73. The van der Waals surface area contributed by atoms with Crippen LogP contribution in [0.1, 0.15) is 30.6 Å². The molecule has 3 N–H and O–H groups in total. The summed E-state index contributed by atoms with van der Waals surface area (Å²) in [6.07, 6.45) is 1.10. The van der Waals surface area contributed by atoms with E-state index in [9.17, 15) is 4.79 Å². The second kappa shape index (κ2) is 7.36. The molecular formula is C14H22ClN3O. The number of halogens is 1. The number of anilines is 1. The van der Waals surface area contributed by atoms with Gasteiger partial charge in [0, 0.05) is 24.7 Å². The van der Waals surface area contributed by atoms with Gasteiger partial charge in [-0.3, -0.25) is 4.79 Å². The minimum atomic E-state index is -0.126. The minimum absolute atomic E-state index is 0.126. The monoisotopic (exact) mass is 283 g/mol. The Hall–Kier alpha value is -1.26. The number of benzene rings is 1. The normalized spacial score (nSPS) is 12.5. The highest BCUT2D eigenvalue weighted by molar-refractivity contribution is 6.33. The van der Waals surface area contributed by atoms with Crippen molar-refractivity contribution >= 4 is 23.2 Å². The highest BCUT2D eigenvalue weighted by Crippen LogP contribution is 2.19. The number of likely N-dealkylation sites (N-methyl/N-ethyl adjacent to an activating group) is 1. The molecular weight excluding hydrogens is 262 g/mol. The number of hydrogen-bond acceptors (Lipinski definition) is 3. The zero-order valence-electron chi connectivity index (χ0n) is 11.7. The Morgan fingerprint density at radius 1 is 1.53 bits per heavy atom. The number of carbonyl (C=O) groups is 1. The quantitative estimate of drug-likeness (QED) is 0.788. The Morgan fingerprint density at radius 2 is 2.21 bits per heavy atom. The number of amides is 1. The van der Waals surface area contributed by atoms with Crippen LogP contribution in [0.15, 0.2) is 18.2 Å². The SMILES string of the molecule is CCC(C)N(C)CCNC(=O)c1ccc(N)c(Cl)c1. The van der Waals surface area contributed by atoms with E-state index in [1.54, 1.807) is 18.2 Å². The van der Waals surface area contributed by atoms with E-state index in [-0.39, 0.29) is 5.91 Å². The molecule has 1 atom stereocenters. The molecule has 0 aromatic heterocycles. The smallest absolute Gasteiger partial charge is 0.251 e. The first-order valence-corrected chi connectivity index (χ1v) is 6.87. The van der Waals surface area contributed by atoms with Gasteiger partial charge in [0.2, 0.25) is 0 Å². The number of rotatable bonds is 6. The lowest BCUT2D eigenvalue weighted by atomic mass is 10.2. The molecule has 0 aliphatic rings. The van der Waals surface area contributed by atoms with Crippen LogP contribution in [-0.2, 0) is 0 Å². The highest BCUT2D eigenvalue weighted by Gasteiger charge is 2.09. The number of nitrogen functional groups attached to an aromatic ring is 1. The maximum atomic E-state index is 11.9. The van der Waals surface area contributed by atoms with Crippen LogP contribution >= 0.6 is 11.6 Å². The van der Waals surface area contributed by atoms with Crippen molar-refractivity contribution in [2.45, 2.75) is 26.3 Å². The summed E-state index contributed by atoms with van der Waals surface area (Å²) in [7, 11) is 2.06. The third-order valence-electron chi connectivity index (χ3n) is 3.36. The van der Waals surface area contributed by atoms with Gasteiger partial charge in [0.25, 0.3) is 5.91 Å². The molecule has 0 spiro atoms. The van der Waals surface area contributed by atoms with Crippen LogP contribution in [0.3, 0.4) is 0 Å². The summed E-state index contributed by atoms with van der Waals surface area (Å²) >= 11 is 5.89. The fraction of sp³-hybridized carbons (Fsp3) is 0.500. The van der Waals surface area contributed by atoms with Gasteiger partial charge in [0.15, 0.2) is 0 Å². The van der Waals surface area contributed by atoms with Gasteiger partial charge >= 0.3 is 0 Å². The molecule has 1 rings (SSSR count). The molecule has 1 aromatic rings. The van der Waals surface area contributed by atoms with E-state index in [4.69, 9.17) is 17.3 Å². The average Bonchev–Trinajstić information content (AvgIpc) is 2.40. The van der Waals surface area contributed by atoms with Crippen molar-refractivity contribution in [3.05, 3.63) is 28.8 Å². The Balaban J connectivity index is 2.45. The molecule has 1 aromatic carbocycles. The molecule has 0 fully saturated rings. The van der Waals surface area contributed by atoms with Crippen molar-refractivity contribution in [2.24, 2.45) is 0 Å². The summed E-state index contributed by atoms with van der Waals surface area (Å²) in [5.74, 6) is -0.126. The largest absolute Gasteiger partial charge is 0.398 e. The van der Waals surface area contributed by atoms with Crippen molar-refractivity contribution < 1.29 is 4.79 Å². The Bertz CT molecular complexity index is 437. The maximum Gasteiger partial charge on any atom is 0.251 e. The van der Waals surface area contributed by atoms with Crippen LogP contribution in [0.2, 0.25) is 5.02 Å². The van der Waals surface area contributed by atoms with Crippen LogP contribution in [-0.4, -0.2) is 37.0 Å². The molecule has 0 radical (unpaired) electrons. The molecule has 0 heterocycles. The summed E-state index contributed by atoms with van der Waals surface area (Å²) < 4.78 is 0. The van der Waals surface area contributed by atoms with E-state index in [0.29, 0.717) is 28.9 Å². The lowest BCUT2D eigenvalue weighted by Gasteiger charge is -2.23. The summed E-state index contributed by atoms with van der Waals surface area (Å²) in [5.41, 5.74) is 6.62. The van der Waals surface area contributed by atoms with Gasteiger partial charge in [0.1, 0.15) is 0 Å². The fourth-order valence-corrected chi connectivity index (χ4v) is 1.83. The van der Waals surface area contributed by atoms with E-state index in [0.717, 1.165) is 13.0 Å². The van der Waals surface area contributed by atoms with E-state index >= 15 is 0 Å². The van der Waals surface area contributed by atoms with Crippen LogP contribution in [0.5, 0.6) is 0 Å². The lowest BCUT2D eigenvalue weighted by molar-refractivity contribution is 0.0947. The molecule has 0 bridgehead atoms. The van der Waals surface area contributed by atoms with E-state index < -0.39 is 0 Å². The summed E-state index contributed by atoms with van der Waals surface area (Å²) in [4.78, 5) is 14.1. The van der Waals surface area contributed by atoms with Crippen LogP contribution < -0.4 is 11.1 Å². The molecule has 1 amide bonds. The van der Waals surface area contributed by atoms with Gasteiger partial charge in [-0.1, -0.05) is 18.5 Å². The molecule has 5 heteroatoms. The maximum absolute atomic E-state index is 11.9. The average molecular weight is 284 g/mol. The zero-order chi connectivity index (χ0) is 14.4. The first-order chi connectivity index (χ1) is 8.95. The Kier molecular flexibility index (Phi) is 6.12. The van der Waals surface area contributed by atoms with Gasteiger partial charge < -0.3 is 16.0 Å². The van der Waals surface area contributed by atoms with Crippen molar-refractivity contribution in [3.8, 4) is 0 Å². The summed E-state index contributed by atoms with van der Waals surface area (Å²) in [6, 6.07) is 5.42. The molecule has 1 unspecified atom stereocenters. The minimum Gasteiger partial charge on any atom is -0.398 e. The van der Waals surface area contributed by atoms with Gasteiger partial charge in [-0.15, -0.1) is 0 Å². The first kappa shape index (κ1) is 15.8.